The third-order valence-electron chi connectivity index (χ3n) is 3.76. The highest BCUT2D eigenvalue weighted by Crippen LogP contribution is 2.23. The van der Waals surface area contributed by atoms with Crippen LogP contribution in [0.15, 0.2) is 0 Å². The Kier molecular flexibility index (Phi) is 4.17. The number of carbonyl (C=O) groups excluding carboxylic acids is 1. The van der Waals surface area contributed by atoms with E-state index in [4.69, 9.17) is 0 Å². The minimum Gasteiger partial charge on any atom is -0.317 e. The van der Waals surface area contributed by atoms with E-state index in [0.717, 1.165) is 19.4 Å². The summed E-state index contributed by atoms with van der Waals surface area (Å²) in [6, 6.07) is 0. The Morgan fingerprint density at radius 1 is 1.06 bits per heavy atom. The first-order chi connectivity index (χ1) is 8.14. The molecule has 0 aromatic rings. The van der Waals surface area contributed by atoms with E-state index in [1.165, 1.54) is 0 Å². The van der Waals surface area contributed by atoms with Gasteiger partial charge in [0.25, 0.3) is 0 Å². The molecule has 0 atom stereocenters. The Morgan fingerprint density at radius 2 is 1.65 bits per heavy atom. The Balaban J connectivity index is 1.98. The molecule has 0 bridgehead atoms. The van der Waals surface area contributed by atoms with Gasteiger partial charge in [-0.1, -0.05) is 0 Å². The molecule has 2 fully saturated rings. The maximum atomic E-state index is 12.3. The molecule has 2 saturated heterocycles. The fourth-order valence-corrected chi connectivity index (χ4v) is 4.54. The lowest BCUT2D eigenvalue weighted by Crippen LogP contribution is -2.46. The fourth-order valence-electron chi connectivity index (χ4n) is 2.57. The van der Waals surface area contributed by atoms with Crippen LogP contribution in [-0.2, 0) is 14.8 Å². The molecule has 0 amide bonds. The third-order valence-corrected chi connectivity index (χ3v) is 6.16. The van der Waals surface area contributed by atoms with Gasteiger partial charge in [0, 0.05) is 19.0 Å². The summed E-state index contributed by atoms with van der Waals surface area (Å²) in [6.45, 7) is 2.59. The number of nitrogens with one attached hydrogen (secondary N) is 1. The van der Waals surface area contributed by atoms with Crippen molar-refractivity contribution >= 4 is 16.3 Å². The van der Waals surface area contributed by atoms with Crippen LogP contribution in [0, 0.1) is 5.92 Å². The fraction of sp³-hybridized carbons (Fsp3) is 0.909. The molecule has 6 heteroatoms. The van der Waals surface area contributed by atoms with Gasteiger partial charge in [0.2, 0.25) is 10.0 Å². The van der Waals surface area contributed by atoms with E-state index in [2.05, 4.69) is 5.32 Å². The van der Waals surface area contributed by atoms with E-state index < -0.39 is 10.0 Å². The first-order valence-corrected chi connectivity index (χ1v) is 7.80. The molecule has 1 N–H and O–H groups in total. The number of sulfonamides is 1. The van der Waals surface area contributed by atoms with Gasteiger partial charge in [-0.3, -0.25) is 0 Å². The van der Waals surface area contributed by atoms with Crippen LogP contribution in [0.25, 0.3) is 0 Å². The average molecular weight is 260 g/mol. The van der Waals surface area contributed by atoms with Gasteiger partial charge in [-0.05, 0) is 38.8 Å². The van der Waals surface area contributed by atoms with E-state index in [1.807, 2.05) is 0 Å². The topological polar surface area (TPSA) is 66.5 Å². The van der Waals surface area contributed by atoms with Crippen molar-refractivity contribution < 1.29 is 13.2 Å². The summed E-state index contributed by atoms with van der Waals surface area (Å²) >= 11 is 0. The molecule has 0 spiro atoms. The standard InChI is InChI=1S/C11H20N2O3S/c14-9-10-3-7-13(8-4-10)17(15,16)11-1-5-12-6-2-11/h9-12H,1-8H2. The van der Waals surface area contributed by atoms with Crippen LogP contribution < -0.4 is 5.32 Å². The maximum absolute atomic E-state index is 12.3. The quantitative estimate of drug-likeness (QED) is 0.724. The number of nitrogens with zero attached hydrogens (tertiary/aromatic N) is 1. The van der Waals surface area contributed by atoms with Gasteiger partial charge in [-0.25, -0.2) is 12.7 Å². The second-order valence-electron chi connectivity index (χ2n) is 4.87. The molecule has 2 heterocycles. The van der Waals surface area contributed by atoms with E-state index in [0.29, 0.717) is 38.8 Å². The van der Waals surface area contributed by atoms with E-state index >= 15 is 0 Å². The normalized spacial score (nSPS) is 25.9. The predicted molar refractivity (Wildman–Crippen MR) is 65.2 cm³/mol. The molecule has 2 aliphatic heterocycles. The second-order valence-corrected chi connectivity index (χ2v) is 7.08. The van der Waals surface area contributed by atoms with E-state index in [9.17, 15) is 13.2 Å². The number of hydrogen-bond acceptors (Lipinski definition) is 4. The number of piperidine rings is 2. The smallest absolute Gasteiger partial charge is 0.217 e. The SMILES string of the molecule is O=CC1CCN(S(=O)(=O)C2CCNCC2)CC1. The van der Waals surface area contributed by atoms with Gasteiger partial charge in [0.05, 0.1) is 5.25 Å². The van der Waals surface area contributed by atoms with E-state index in [-0.39, 0.29) is 11.2 Å². The molecule has 0 saturated carbocycles. The van der Waals surface area contributed by atoms with Crippen LogP contribution in [0.3, 0.4) is 0 Å². The zero-order valence-corrected chi connectivity index (χ0v) is 10.8. The third kappa shape index (κ3) is 2.86. The molecule has 0 radical (unpaired) electrons. The summed E-state index contributed by atoms with van der Waals surface area (Å²) in [6.07, 6.45) is 3.71. The highest BCUT2D eigenvalue weighted by molar-refractivity contribution is 7.89. The summed E-state index contributed by atoms with van der Waals surface area (Å²) in [5.41, 5.74) is 0. The zero-order chi connectivity index (χ0) is 12.3. The Morgan fingerprint density at radius 3 is 2.18 bits per heavy atom. The highest BCUT2D eigenvalue weighted by atomic mass is 32.2. The van der Waals surface area contributed by atoms with Crippen molar-refractivity contribution in [3.63, 3.8) is 0 Å². The van der Waals surface area contributed by atoms with Crippen LogP contribution in [0.2, 0.25) is 0 Å². The van der Waals surface area contributed by atoms with Crippen molar-refractivity contribution in [1.82, 2.24) is 9.62 Å². The first kappa shape index (κ1) is 13.0. The predicted octanol–water partition coefficient (Wildman–Crippen LogP) is -0.0209. The molecule has 0 unspecified atom stereocenters. The van der Waals surface area contributed by atoms with E-state index in [1.54, 1.807) is 4.31 Å². The van der Waals surface area contributed by atoms with Gasteiger partial charge < -0.3 is 10.1 Å². The molecule has 0 aromatic heterocycles. The van der Waals surface area contributed by atoms with Crippen LogP contribution in [0.4, 0.5) is 0 Å². The molecular weight excluding hydrogens is 240 g/mol. The molecule has 5 nitrogen and oxygen atoms in total. The largest absolute Gasteiger partial charge is 0.317 e. The minimum absolute atomic E-state index is 0.0504. The van der Waals surface area contributed by atoms with Gasteiger partial charge >= 0.3 is 0 Å². The molecule has 2 aliphatic rings. The second kappa shape index (κ2) is 5.46. The average Bonchev–Trinajstić information content (AvgIpc) is 2.40. The summed E-state index contributed by atoms with van der Waals surface area (Å²) in [4.78, 5) is 10.6. The summed E-state index contributed by atoms with van der Waals surface area (Å²) < 4.78 is 26.3. The molecular formula is C11H20N2O3S. The molecule has 2 rings (SSSR count). The lowest BCUT2D eigenvalue weighted by Gasteiger charge is -2.33. The molecule has 17 heavy (non-hydrogen) atoms. The summed E-state index contributed by atoms with van der Waals surface area (Å²) in [5, 5.41) is 2.95. The number of hydrogen-bond donors (Lipinski definition) is 1. The van der Waals surface area contributed by atoms with Crippen molar-refractivity contribution in [2.45, 2.75) is 30.9 Å². The van der Waals surface area contributed by atoms with Crippen molar-refractivity contribution in [2.24, 2.45) is 5.92 Å². The van der Waals surface area contributed by atoms with Crippen molar-refractivity contribution in [3.05, 3.63) is 0 Å². The molecule has 0 aromatic carbocycles. The van der Waals surface area contributed by atoms with Crippen LogP contribution >= 0.6 is 0 Å². The van der Waals surface area contributed by atoms with Crippen LogP contribution in [0.1, 0.15) is 25.7 Å². The van der Waals surface area contributed by atoms with Gasteiger partial charge in [-0.15, -0.1) is 0 Å². The Labute approximate surface area is 103 Å². The summed E-state index contributed by atoms with van der Waals surface area (Å²) in [5.74, 6) is 0.0504. The van der Waals surface area contributed by atoms with Crippen LogP contribution in [0.5, 0.6) is 0 Å². The van der Waals surface area contributed by atoms with Crippen molar-refractivity contribution in [1.29, 1.82) is 0 Å². The minimum atomic E-state index is -3.14. The highest BCUT2D eigenvalue weighted by Gasteiger charge is 2.34. The summed E-state index contributed by atoms with van der Waals surface area (Å²) in [7, 11) is -3.14. The maximum Gasteiger partial charge on any atom is 0.217 e. The van der Waals surface area contributed by atoms with Crippen molar-refractivity contribution in [3.8, 4) is 0 Å². The zero-order valence-electron chi connectivity index (χ0n) is 9.97. The lowest BCUT2D eigenvalue weighted by molar-refractivity contribution is -0.112. The van der Waals surface area contributed by atoms with Crippen LogP contribution in [-0.4, -0.2) is 50.4 Å². The lowest BCUT2D eigenvalue weighted by atomic mass is 10.0. The monoisotopic (exact) mass is 260 g/mol. The number of carbonyl (C=O) groups is 1. The van der Waals surface area contributed by atoms with Gasteiger partial charge in [0.15, 0.2) is 0 Å². The Hall–Kier alpha value is -0.460. The Bertz CT molecular complexity index is 355. The molecule has 0 aliphatic carbocycles. The van der Waals surface area contributed by atoms with Gasteiger partial charge in [0.1, 0.15) is 6.29 Å². The molecule has 98 valence electrons. The number of aldehydes is 1. The first-order valence-electron chi connectivity index (χ1n) is 6.29. The van der Waals surface area contributed by atoms with Gasteiger partial charge in [-0.2, -0.15) is 0 Å². The van der Waals surface area contributed by atoms with Crippen molar-refractivity contribution in [2.75, 3.05) is 26.2 Å². The number of rotatable bonds is 3.